The zero-order chi connectivity index (χ0) is 21.4. The van der Waals surface area contributed by atoms with Crippen molar-refractivity contribution in [3.63, 3.8) is 0 Å². The molecule has 0 heterocycles. The molecular weight excluding hydrogens is 382 g/mol. The molecule has 0 aliphatic heterocycles. The van der Waals surface area contributed by atoms with Crippen LogP contribution in [0.2, 0.25) is 0 Å². The van der Waals surface area contributed by atoms with Crippen LogP contribution in [0.25, 0.3) is 0 Å². The highest BCUT2D eigenvalue weighted by molar-refractivity contribution is 5.75. The molecule has 1 amide bonds. The molecule has 1 unspecified atom stereocenters. The summed E-state index contributed by atoms with van der Waals surface area (Å²) < 4.78 is 16.3. The van der Waals surface area contributed by atoms with Crippen molar-refractivity contribution in [2.75, 3.05) is 40.1 Å². The van der Waals surface area contributed by atoms with Crippen molar-refractivity contribution in [2.24, 2.45) is 5.92 Å². The normalized spacial score (nSPS) is 15.7. The molecular formula is C24H39NO5. The second kappa shape index (κ2) is 15.2. The minimum atomic E-state index is -0.613. The van der Waals surface area contributed by atoms with Gasteiger partial charge in [0.05, 0.1) is 25.9 Å². The van der Waals surface area contributed by atoms with Crippen molar-refractivity contribution in [1.82, 2.24) is 5.32 Å². The van der Waals surface area contributed by atoms with Crippen LogP contribution in [0.15, 0.2) is 24.3 Å². The molecule has 1 aromatic rings. The number of aliphatic hydroxyl groups excluding tert-OH is 1. The lowest BCUT2D eigenvalue weighted by Crippen LogP contribution is -2.25. The highest BCUT2D eigenvalue weighted by atomic mass is 16.5. The molecule has 30 heavy (non-hydrogen) atoms. The summed E-state index contributed by atoms with van der Waals surface area (Å²) in [6, 6.07) is 7.68. The van der Waals surface area contributed by atoms with Gasteiger partial charge in [0.25, 0.3) is 0 Å². The van der Waals surface area contributed by atoms with Crippen LogP contribution in [0, 0.1) is 5.92 Å². The molecule has 1 atom stereocenters. The summed E-state index contributed by atoms with van der Waals surface area (Å²) >= 11 is 0. The van der Waals surface area contributed by atoms with Gasteiger partial charge in [-0.2, -0.15) is 0 Å². The Hall–Kier alpha value is -1.63. The third-order valence-corrected chi connectivity index (χ3v) is 5.57. The maximum atomic E-state index is 11.9. The van der Waals surface area contributed by atoms with Gasteiger partial charge < -0.3 is 24.6 Å². The summed E-state index contributed by atoms with van der Waals surface area (Å²) in [5, 5.41) is 13.3. The first-order valence-corrected chi connectivity index (χ1v) is 11.4. The van der Waals surface area contributed by atoms with E-state index in [0.717, 1.165) is 30.8 Å². The van der Waals surface area contributed by atoms with E-state index in [1.54, 1.807) is 7.11 Å². The summed E-state index contributed by atoms with van der Waals surface area (Å²) in [5.41, 5.74) is 0.832. The highest BCUT2D eigenvalue weighted by Crippen LogP contribution is 2.26. The quantitative estimate of drug-likeness (QED) is 0.418. The van der Waals surface area contributed by atoms with E-state index in [1.807, 2.05) is 24.3 Å². The number of rotatable bonds is 15. The van der Waals surface area contributed by atoms with Crippen LogP contribution in [0.5, 0.6) is 5.75 Å². The number of benzene rings is 1. The van der Waals surface area contributed by atoms with Gasteiger partial charge in [0.15, 0.2) is 0 Å². The number of nitrogens with one attached hydrogen (secondary N) is 1. The maximum Gasteiger partial charge on any atom is 0.219 e. The first-order chi connectivity index (χ1) is 14.7. The Morgan fingerprint density at radius 1 is 1.17 bits per heavy atom. The summed E-state index contributed by atoms with van der Waals surface area (Å²) in [5.74, 6) is 1.48. The van der Waals surface area contributed by atoms with E-state index >= 15 is 0 Å². The van der Waals surface area contributed by atoms with Crippen molar-refractivity contribution in [1.29, 1.82) is 0 Å². The molecule has 6 heteroatoms. The van der Waals surface area contributed by atoms with E-state index in [4.69, 9.17) is 14.2 Å². The Balaban J connectivity index is 1.58. The number of ether oxygens (including phenoxy) is 3. The van der Waals surface area contributed by atoms with Gasteiger partial charge in [-0.15, -0.1) is 0 Å². The van der Waals surface area contributed by atoms with Gasteiger partial charge in [-0.25, -0.2) is 0 Å². The van der Waals surface area contributed by atoms with Crippen LogP contribution in [0.1, 0.15) is 69.5 Å². The molecule has 1 aliphatic carbocycles. The molecule has 170 valence electrons. The van der Waals surface area contributed by atoms with E-state index in [2.05, 4.69) is 5.32 Å². The number of methoxy groups -OCH3 is 1. The standard InChI is InChI=1S/C24H39NO5/c1-28-16-17-29-15-6-5-12-24(27)25-14-13-23(26)21-10-7-11-22(18-21)30-19-20-8-3-2-4-9-20/h7,10-11,18,20,23,26H,2-6,8-9,12-17,19H2,1H3,(H,25,27). The average Bonchev–Trinajstić information content (AvgIpc) is 2.78. The number of aliphatic hydroxyl groups is 1. The molecule has 0 bridgehead atoms. The first-order valence-electron chi connectivity index (χ1n) is 11.4. The Morgan fingerprint density at radius 3 is 2.80 bits per heavy atom. The zero-order valence-electron chi connectivity index (χ0n) is 18.4. The summed E-state index contributed by atoms with van der Waals surface area (Å²) in [7, 11) is 1.65. The van der Waals surface area contributed by atoms with Crippen molar-refractivity contribution >= 4 is 5.91 Å². The Kier molecular flexibility index (Phi) is 12.5. The van der Waals surface area contributed by atoms with Crippen LogP contribution >= 0.6 is 0 Å². The van der Waals surface area contributed by atoms with Gasteiger partial charge in [-0.3, -0.25) is 4.79 Å². The number of carbonyl (C=O) groups is 1. The van der Waals surface area contributed by atoms with Crippen molar-refractivity contribution in [3.8, 4) is 5.75 Å². The van der Waals surface area contributed by atoms with Crippen LogP contribution < -0.4 is 10.1 Å². The molecule has 1 saturated carbocycles. The maximum absolute atomic E-state index is 11.9. The van der Waals surface area contributed by atoms with Crippen LogP contribution in [0.3, 0.4) is 0 Å². The van der Waals surface area contributed by atoms with E-state index < -0.39 is 6.10 Å². The molecule has 0 radical (unpaired) electrons. The molecule has 1 aliphatic rings. The molecule has 0 saturated heterocycles. The Labute approximate surface area is 181 Å². The molecule has 1 fully saturated rings. The summed E-state index contributed by atoms with van der Waals surface area (Å²) in [6.07, 6.45) is 8.46. The van der Waals surface area contributed by atoms with Gasteiger partial charge in [0.2, 0.25) is 5.91 Å². The predicted octanol–water partition coefficient (Wildman–Crippen LogP) is 4.02. The van der Waals surface area contributed by atoms with Gasteiger partial charge >= 0.3 is 0 Å². The van der Waals surface area contributed by atoms with E-state index in [1.165, 1.54) is 32.1 Å². The molecule has 6 nitrogen and oxygen atoms in total. The summed E-state index contributed by atoms with van der Waals surface area (Å²) in [6.45, 7) is 3.05. The molecule has 2 rings (SSSR count). The average molecular weight is 422 g/mol. The third-order valence-electron chi connectivity index (χ3n) is 5.57. The zero-order valence-corrected chi connectivity index (χ0v) is 18.4. The smallest absolute Gasteiger partial charge is 0.219 e. The SMILES string of the molecule is COCCOCCCCC(=O)NCCC(O)c1cccc(OCC2CCCCC2)c1. The van der Waals surface area contributed by atoms with E-state index in [0.29, 0.717) is 45.1 Å². The third kappa shape index (κ3) is 10.4. The van der Waals surface area contributed by atoms with Gasteiger partial charge in [-0.1, -0.05) is 31.4 Å². The van der Waals surface area contributed by atoms with Gasteiger partial charge in [-0.05, 0) is 55.7 Å². The van der Waals surface area contributed by atoms with Crippen LogP contribution in [-0.4, -0.2) is 51.1 Å². The molecule has 0 aromatic heterocycles. The van der Waals surface area contributed by atoms with Crippen LogP contribution in [-0.2, 0) is 14.3 Å². The second-order valence-corrected chi connectivity index (χ2v) is 8.10. The number of hydrogen-bond acceptors (Lipinski definition) is 5. The Bertz CT molecular complexity index is 589. The second-order valence-electron chi connectivity index (χ2n) is 8.10. The number of amides is 1. The fourth-order valence-corrected chi connectivity index (χ4v) is 3.72. The van der Waals surface area contributed by atoms with Crippen molar-refractivity contribution in [2.45, 2.75) is 63.9 Å². The van der Waals surface area contributed by atoms with Crippen molar-refractivity contribution in [3.05, 3.63) is 29.8 Å². The largest absolute Gasteiger partial charge is 0.493 e. The lowest BCUT2D eigenvalue weighted by molar-refractivity contribution is -0.121. The minimum Gasteiger partial charge on any atom is -0.493 e. The van der Waals surface area contributed by atoms with Gasteiger partial charge in [0.1, 0.15) is 5.75 Å². The molecule has 1 aromatic carbocycles. The molecule has 2 N–H and O–H groups in total. The lowest BCUT2D eigenvalue weighted by atomic mass is 9.90. The fourth-order valence-electron chi connectivity index (χ4n) is 3.72. The number of unbranched alkanes of at least 4 members (excludes halogenated alkanes) is 1. The van der Waals surface area contributed by atoms with Crippen molar-refractivity contribution < 1.29 is 24.1 Å². The highest BCUT2D eigenvalue weighted by Gasteiger charge is 2.15. The van der Waals surface area contributed by atoms with E-state index in [9.17, 15) is 9.90 Å². The van der Waals surface area contributed by atoms with Crippen LogP contribution in [0.4, 0.5) is 0 Å². The minimum absolute atomic E-state index is 0.0173. The first kappa shape index (κ1) is 24.6. The van der Waals surface area contributed by atoms with Gasteiger partial charge in [0, 0.05) is 26.7 Å². The lowest BCUT2D eigenvalue weighted by Gasteiger charge is -2.22. The molecule has 0 spiro atoms. The monoisotopic (exact) mass is 421 g/mol. The number of hydrogen-bond donors (Lipinski definition) is 2. The topological polar surface area (TPSA) is 77.0 Å². The van der Waals surface area contributed by atoms with E-state index in [-0.39, 0.29) is 5.91 Å². The number of carbonyl (C=O) groups excluding carboxylic acids is 1. The predicted molar refractivity (Wildman–Crippen MR) is 118 cm³/mol. The fraction of sp³-hybridized carbons (Fsp3) is 0.708. The Morgan fingerprint density at radius 2 is 2.00 bits per heavy atom. The summed E-state index contributed by atoms with van der Waals surface area (Å²) in [4.78, 5) is 11.9.